The number of likely N-dealkylation sites (N-methyl/N-ethyl adjacent to an activating group) is 1. The number of nitrogens with zero attached hydrogens (tertiary/aromatic N) is 2. The Bertz CT molecular complexity index is 238. The fraction of sp³-hybridized carbons (Fsp3) is 0.700. The molecule has 0 amide bonds. The summed E-state index contributed by atoms with van der Waals surface area (Å²) in [6, 6.07) is 0. The number of aromatic amines is 1. The fourth-order valence-corrected chi connectivity index (χ4v) is 1.23. The maximum atomic E-state index is 5.00. The molecule has 15 heavy (non-hydrogen) atoms. The molecule has 1 heterocycles. The molecule has 0 aliphatic rings. The lowest BCUT2D eigenvalue weighted by Gasteiger charge is -2.15. The molecule has 0 saturated carbocycles. The first-order valence-electron chi connectivity index (χ1n) is 5.18. The van der Waals surface area contributed by atoms with E-state index in [4.69, 9.17) is 4.74 Å². The number of ether oxygens (including phenoxy) is 1. The van der Waals surface area contributed by atoms with Crippen molar-refractivity contribution in [3.05, 3.63) is 18.2 Å². The van der Waals surface area contributed by atoms with Crippen LogP contribution in [0.2, 0.25) is 0 Å². The lowest BCUT2D eigenvalue weighted by molar-refractivity contribution is 0.161. The third-order valence-corrected chi connectivity index (χ3v) is 2.22. The molecule has 0 aliphatic carbocycles. The van der Waals surface area contributed by atoms with Gasteiger partial charge in [0.25, 0.3) is 0 Å². The van der Waals surface area contributed by atoms with Crippen LogP contribution in [0, 0.1) is 0 Å². The third-order valence-electron chi connectivity index (χ3n) is 2.22. The highest BCUT2D eigenvalue weighted by molar-refractivity contribution is 4.92. The number of imidazole rings is 1. The monoisotopic (exact) mass is 212 g/mol. The first-order valence-corrected chi connectivity index (χ1v) is 5.18. The van der Waals surface area contributed by atoms with Crippen LogP contribution in [0.5, 0.6) is 0 Å². The quantitative estimate of drug-likeness (QED) is 0.599. The number of rotatable bonds is 8. The van der Waals surface area contributed by atoms with Gasteiger partial charge in [0.05, 0.1) is 12.9 Å². The molecule has 0 aromatic carbocycles. The average Bonchev–Trinajstić information content (AvgIpc) is 2.74. The summed E-state index contributed by atoms with van der Waals surface area (Å²) in [4.78, 5) is 9.25. The number of hydrogen-bond acceptors (Lipinski definition) is 4. The lowest BCUT2D eigenvalue weighted by Crippen LogP contribution is -2.31. The Hall–Kier alpha value is -0.910. The maximum Gasteiger partial charge on any atom is 0.0922 e. The second kappa shape index (κ2) is 7.39. The van der Waals surface area contributed by atoms with Gasteiger partial charge < -0.3 is 19.9 Å². The largest absolute Gasteiger partial charge is 0.383 e. The van der Waals surface area contributed by atoms with Crippen molar-refractivity contribution in [1.82, 2.24) is 20.2 Å². The molecule has 0 atom stereocenters. The zero-order valence-corrected chi connectivity index (χ0v) is 9.49. The fourth-order valence-electron chi connectivity index (χ4n) is 1.23. The van der Waals surface area contributed by atoms with Crippen molar-refractivity contribution in [2.75, 3.05) is 40.4 Å². The summed E-state index contributed by atoms with van der Waals surface area (Å²) in [7, 11) is 3.82. The Balaban J connectivity index is 1.97. The van der Waals surface area contributed by atoms with Crippen LogP contribution in [0.25, 0.3) is 0 Å². The van der Waals surface area contributed by atoms with Gasteiger partial charge in [-0.15, -0.1) is 0 Å². The van der Waals surface area contributed by atoms with Crippen LogP contribution in [-0.2, 0) is 11.3 Å². The van der Waals surface area contributed by atoms with Crippen molar-refractivity contribution in [3.8, 4) is 0 Å². The van der Waals surface area contributed by atoms with E-state index >= 15 is 0 Å². The van der Waals surface area contributed by atoms with Crippen molar-refractivity contribution < 1.29 is 4.74 Å². The maximum absolute atomic E-state index is 5.00. The third kappa shape index (κ3) is 5.51. The molecule has 1 aromatic rings. The van der Waals surface area contributed by atoms with E-state index in [0.717, 1.165) is 38.5 Å². The van der Waals surface area contributed by atoms with E-state index in [1.165, 1.54) is 0 Å². The van der Waals surface area contributed by atoms with Gasteiger partial charge in [0, 0.05) is 45.2 Å². The second-order valence-corrected chi connectivity index (χ2v) is 3.55. The smallest absolute Gasteiger partial charge is 0.0922 e. The summed E-state index contributed by atoms with van der Waals surface area (Å²) in [6.07, 6.45) is 3.53. The molecule has 2 N–H and O–H groups in total. The molecule has 0 spiro atoms. The van der Waals surface area contributed by atoms with Crippen LogP contribution < -0.4 is 5.32 Å². The Morgan fingerprint density at radius 2 is 2.40 bits per heavy atom. The topological polar surface area (TPSA) is 53.2 Å². The number of hydrogen-bond donors (Lipinski definition) is 2. The first kappa shape index (κ1) is 12.2. The Morgan fingerprint density at radius 3 is 3.07 bits per heavy atom. The highest BCUT2D eigenvalue weighted by atomic mass is 16.5. The minimum Gasteiger partial charge on any atom is -0.383 e. The van der Waals surface area contributed by atoms with Gasteiger partial charge in [-0.3, -0.25) is 0 Å². The van der Waals surface area contributed by atoms with Gasteiger partial charge in [0.1, 0.15) is 0 Å². The molecule has 0 unspecified atom stereocenters. The van der Waals surface area contributed by atoms with Gasteiger partial charge in [-0.05, 0) is 7.05 Å². The van der Waals surface area contributed by atoms with Crippen LogP contribution in [0.1, 0.15) is 5.69 Å². The summed E-state index contributed by atoms with van der Waals surface area (Å²) < 4.78 is 5.00. The number of H-pyrrole nitrogens is 1. The summed E-state index contributed by atoms with van der Waals surface area (Å²) in [5.41, 5.74) is 1.12. The standard InChI is InChI=1S/C10H20N4O/c1-14(5-6-15-2)4-3-11-7-10-8-12-9-13-10/h8-9,11H,3-7H2,1-2H3,(H,12,13). The molecule has 0 fully saturated rings. The predicted octanol–water partition coefficient (Wildman–Crippen LogP) is 0.0775. The highest BCUT2D eigenvalue weighted by Gasteiger charge is 1.97. The van der Waals surface area contributed by atoms with Crippen molar-refractivity contribution >= 4 is 0 Å². The molecule has 1 aromatic heterocycles. The molecule has 5 heteroatoms. The van der Waals surface area contributed by atoms with Crippen LogP contribution in [0.3, 0.4) is 0 Å². The van der Waals surface area contributed by atoms with Crippen molar-refractivity contribution in [2.24, 2.45) is 0 Å². The molecule has 5 nitrogen and oxygen atoms in total. The summed E-state index contributed by atoms with van der Waals surface area (Å²) in [6.45, 7) is 4.61. The van der Waals surface area contributed by atoms with Crippen LogP contribution in [0.4, 0.5) is 0 Å². The minimum absolute atomic E-state index is 0.789. The molecule has 0 radical (unpaired) electrons. The van der Waals surface area contributed by atoms with Crippen LogP contribution in [-0.4, -0.2) is 55.3 Å². The van der Waals surface area contributed by atoms with E-state index < -0.39 is 0 Å². The van der Waals surface area contributed by atoms with Gasteiger partial charge in [0.15, 0.2) is 0 Å². The van der Waals surface area contributed by atoms with E-state index in [9.17, 15) is 0 Å². The molecular formula is C10H20N4O. The average molecular weight is 212 g/mol. The molecule has 86 valence electrons. The predicted molar refractivity (Wildman–Crippen MR) is 59.7 cm³/mol. The Labute approximate surface area is 90.8 Å². The van der Waals surface area contributed by atoms with Gasteiger partial charge in [-0.1, -0.05) is 0 Å². The lowest BCUT2D eigenvalue weighted by atomic mass is 10.4. The zero-order valence-electron chi connectivity index (χ0n) is 9.49. The summed E-state index contributed by atoms with van der Waals surface area (Å²) >= 11 is 0. The van der Waals surface area contributed by atoms with E-state index in [0.29, 0.717) is 0 Å². The van der Waals surface area contributed by atoms with Gasteiger partial charge in [-0.2, -0.15) is 0 Å². The first-order chi connectivity index (χ1) is 7.33. The number of aromatic nitrogens is 2. The van der Waals surface area contributed by atoms with Crippen molar-refractivity contribution in [1.29, 1.82) is 0 Å². The molecule has 1 rings (SSSR count). The van der Waals surface area contributed by atoms with Crippen LogP contribution in [0.15, 0.2) is 12.5 Å². The van der Waals surface area contributed by atoms with E-state index in [2.05, 4.69) is 27.2 Å². The van der Waals surface area contributed by atoms with Crippen LogP contribution >= 0.6 is 0 Å². The van der Waals surface area contributed by atoms with E-state index in [1.54, 1.807) is 13.4 Å². The van der Waals surface area contributed by atoms with Gasteiger partial charge in [-0.25, -0.2) is 4.98 Å². The van der Waals surface area contributed by atoms with Gasteiger partial charge >= 0.3 is 0 Å². The van der Waals surface area contributed by atoms with E-state index in [1.807, 2.05) is 6.20 Å². The second-order valence-electron chi connectivity index (χ2n) is 3.55. The number of methoxy groups -OCH3 is 1. The Morgan fingerprint density at radius 1 is 1.53 bits per heavy atom. The van der Waals surface area contributed by atoms with E-state index in [-0.39, 0.29) is 0 Å². The Kier molecular flexibility index (Phi) is 5.99. The molecule has 0 saturated heterocycles. The molecule has 0 bridgehead atoms. The number of nitrogens with one attached hydrogen (secondary N) is 2. The minimum atomic E-state index is 0.789. The summed E-state index contributed by atoms with van der Waals surface area (Å²) in [5.74, 6) is 0. The molecular weight excluding hydrogens is 192 g/mol. The zero-order chi connectivity index (χ0) is 10.9. The molecule has 0 aliphatic heterocycles. The highest BCUT2D eigenvalue weighted by Crippen LogP contribution is 1.88. The normalized spacial score (nSPS) is 11.1. The van der Waals surface area contributed by atoms with Gasteiger partial charge in [0.2, 0.25) is 0 Å². The summed E-state index contributed by atoms with van der Waals surface area (Å²) in [5, 5.41) is 3.34. The van der Waals surface area contributed by atoms with Crippen molar-refractivity contribution in [3.63, 3.8) is 0 Å². The SMILES string of the molecule is COCCN(C)CCNCc1cnc[nH]1. The van der Waals surface area contributed by atoms with Crippen molar-refractivity contribution in [2.45, 2.75) is 6.54 Å².